The second-order valence-electron chi connectivity index (χ2n) is 15.8. The van der Waals surface area contributed by atoms with Crippen LogP contribution in [0.5, 0.6) is 0 Å². The Hall–Kier alpha value is -6.12. The van der Waals surface area contributed by atoms with Gasteiger partial charge in [-0.05, 0) is 60.4 Å². The number of likely N-dealkylation sites (tertiary alicyclic amines) is 2. The second kappa shape index (κ2) is 17.2. The minimum absolute atomic E-state index is 0.00942. The van der Waals surface area contributed by atoms with E-state index in [0.29, 0.717) is 30.6 Å². The zero-order chi connectivity index (χ0) is 41.1. The molecule has 0 bridgehead atoms. The van der Waals surface area contributed by atoms with Gasteiger partial charge in [0.05, 0.1) is 62.4 Å². The summed E-state index contributed by atoms with van der Waals surface area (Å²) in [6.45, 7) is 8.90. The predicted molar refractivity (Wildman–Crippen MR) is 217 cm³/mol. The fraction of sp³-hybridized carbons (Fsp3) is 0.442. The first-order chi connectivity index (χ1) is 27.9. The summed E-state index contributed by atoms with van der Waals surface area (Å²) in [6, 6.07) is 11.2. The van der Waals surface area contributed by atoms with Gasteiger partial charge in [-0.3, -0.25) is 14.4 Å². The van der Waals surface area contributed by atoms with Crippen LogP contribution in [0.4, 0.5) is 4.79 Å². The van der Waals surface area contributed by atoms with Gasteiger partial charge in [-0.2, -0.15) is 0 Å². The first kappa shape index (κ1) is 40.1. The van der Waals surface area contributed by atoms with Crippen molar-refractivity contribution in [2.24, 2.45) is 17.8 Å². The number of aromatic nitrogens is 6. The molecule has 2 fully saturated rings. The van der Waals surface area contributed by atoms with Crippen molar-refractivity contribution in [3.8, 4) is 33.9 Å². The number of fused-ring (bicyclic) bond motifs is 1. The fourth-order valence-electron chi connectivity index (χ4n) is 8.07. The standard InChI is InChI=1S/C43H51N9O6/c1-24(2)31(19-36(53)57-5)41(54)51-15-7-9-34(51)39-47-23-33(49-39)30-20-44-38(45-21-30)29-14-12-26-17-28(13-11-27(26)18-29)32-22-46-40(48-32)35-10-8-16-52(35)42(55)37(25(3)4)50-43(56)58-6/h11-14,17-18,20-25,31,34-35,37H,7-10,15-16,19H2,1-6H3,(H,46,48)(H,47,49)(H,50,56)/t31-,34-,35-,37-/m0/s1. The van der Waals surface area contributed by atoms with Crippen molar-refractivity contribution in [3.05, 3.63) is 72.8 Å². The summed E-state index contributed by atoms with van der Waals surface area (Å²) >= 11 is 0. The lowest BCUT2D eigenvalue weighted by Gasteiger charge is -2.30. The van der Waals surface area contributed by atoms with E-state index in [1.165, 1.54) is 14.2 Å². The molecule has 0 aliphatic carbocycles. The van der Waals surface area contributed by atoms with Gasteiger partial charge in [0.2, 0.25) is 11.8 Å². The number of imidazole rings is 2. The number of carbonyl (C=O) groups excluding carboxylic acids is 4. The molecule has 5 aromatic rings. The van der Waals surface area contributed by atoms with Gasteiger partial charge in [-0.25, -0.2) is 24.7 Å². The number of nitrogens with zero attached hydrogens (tertiary/aromatic N) is 6. The number of hydrogen-bond acceptors (Lipinski definition) is 10. The summed E-state index contributed by atoms with van der Waals surface area (Å²) in [5.41, 5.74) is 4.22. The smallest absolute Gasteiger partial charge is 0.407 e. The Morgan fingerprint density at radius 3 is 1.81 bits per heavy atom. The van der Waals surface area contributed by atoms with Crippen LogP contribution < -0.4 is 5.32 Å². The molecule has 4 atom stereocenters. The third-order valence-electron chi connectivity index (χ3n) is 11.4. The molecule has 7 rings (SSSR count). The molecule has 0 unspecified atom stereocenters. The second-order valence-corrected chi connectivity index (χ2v) is 15.8. The maximum absolute atomic E-state index is 13.6. The van der Waals surface area contributed by atoms with Crippen LogP contribution in [0.3, 0.4) is 0 Å². The normalized spacial score (nSPS) is 17.9. The van der Waals surface area contributed by atoms with E-state index in [1.807, 2.05) is 50.8 Å². The summed E-state index contributed by atoms with van der Waals surface area (Å²) in [4.78, 5) is 80.4. The van der Waals surface area contributed by atoms with E-state index in [4.69, 9.17) is 14.5 Å². The highest BCUT2D eigenvalue weighted by Gasteiger charge is 2.39. The number of amides is 3. The molecule has 58 heavy (non-hydrogen) atoms. The number of nitrogens with one attached hydrogen (secondary N) is 3. The molecule has 0 saturated carbocycles. The number of H-pyrrole nitrogens is 2. The molecule has 2 aromatic carbocycles. The molecule has 304 valence electrons. The van der Waals surface area contributed by atoms with Gasteiger partial charge in [-0.1, -0.05) is 52.0 Å². The molecule has 0 spiro atoms. The van der Waals surface area contributed by atoms with Crippen LogP contribution in [0.2, 0.25) is 0 Å². The average Bonchev–Trinajstić information content (AvgIpc) is 4.07. The van der Waals surface area contributed by atoms with E-state index >= 15 is 0 Å². The quantitative estimate of drug-likeness (QED) is 0.116. The van der Waals surface area contributed by atoms with Crippen molar-refractivity contribution in [2.45, 2.75) is 77.9 Å². The van der Waals surface area contributed by atoms with E-state index in [0.717, 1.165) is 64.5 Å². The van der Waals surface area contributed by atoms with Crippen LogP contribution in [0, 0.1) is 17.8 Å². The Balaban J connectivity index is 1.02. The minimum Gasteiger partial charge on any atom is -0.469 e. The van der Waals surface area contributed by atoms with Crippen LogP contribution in [0.25, 0.3) is 44.7 Å². The number of rotatable bonds is 12. The Bertz CT molecular complexity index is 2280. The van der Waals surface area contributed by atoms with Gasteiger partial charge < -0.3 is 34.6 Å². The van der Waals surface area contributed by atoms with Crippen LogP contribution in [-0.2, 0) is 23.9 Å². The van der Waals surface area contributed by atoms with Gasteiger partial charge in [0.25, 0.3) is 0 Å². The SMILES string of the molecule is COC(=O)C[C@H](C(=O)N1CCC[C@H]1c1ncc(-c2cnc(-c3ccc4cc(-c5cnc([C@@H]6CCCN6C(=O)[C@@H](NC(=O)OC)C(C)C)[nH]5)ccc4c3)nc2)[nH]1)C(C)C. The highest BCUT2D eigenvalue weighted by Crippen LogP contribution is 2.36. The molecule has 3 aromatic heterocycles. The Morgan fingerprint density at radius 1 is 0.707 bits per heavy atom. The Labute approximate surface area is 337 Å². The number of carbonyl (C=O) groups is 4. The van der Waals surface area contributed by atoms with Crippen molar-refractivity contribution < 1.29 is 28.7 Å². The molecule has 3 N–H and O–H groups in total. The third kappa shape index (κ3) is 8.29. The van der Waals surface area contributed by atoms with Crippen molar-refractivity contribution in [2.75, 3.05) is 27.3 Å². The van der Waals surface area contributed by atoms with Crippen molar-refractivity contribution in [3.63, 3.8) is 0 Å². The number of aromatic amines is 2. The Morgan fingerprint density at radius 2 is 1.26 bits per heavy atom. The van der Waals surface area contributed by atoms with Crippen LogP contribution in [-0.4, -0.2) is 96.9 Å². The number of ether oxygens (including phenoxy) is 2. The highest BCUT2D eigenvalue weighted by molar-refractivity contribution is 5.90. The molecule has 2 aliphatic rings. The molecular formula is C43H51N9O6. The van der Waals surface area contributed by atoms with Crippen LogP contribution in [0.15, 0.2) is 61.2 Å². The lowest BCUT2D eigenvalue weighted by Crippen LogP contribution is -2.51. The number of methoxy groups -OCH3 is 2. The third-order valence-corrected chi connectivity index (χ3v) is 11.4. The monoisotopic (exact) mass is 789 g/mol. The van der Waals surface area contributed by atoms with Crippen LogP contribution in [0.1, 0.15) is 83.5 Å². The average molecular weight is 790 g/mol. The van der Waals surface area contributed by atoms with Gasteiger partial charge >= 0.3 is 12.1 Å². The summed E-state index contributed by atoms with van der Waals surface area (Å²) in [5.74, 6) is 0.838. The van der Waals surface area contributed by atoms with Crippen molar-refractivity contribution >= 4 is 34.6 Å². The number of esters is 1. The molecule has 0 radical (unpaired) electrons. The number of hydrogen-bond donors (Lipinski definition) is 3. The van der Waals surface area contributed by atoms with E-state index in [-0.39, 0.29) is 48.1 Å². The summed E-state index contributed by atoms with van der Waals surface area (Å²) in [6.07, 6.45) is 9.75. The molecular weight excluding hydrogens is 739 g/mol. The topological polar surface area (TPSA) is 188 Å². The lowest BCUT2D eigenvalue weighted by molar-refractivity contribution is -0.148. The highest BCUT2D eigenvalue weighted by atomic mass is 16.5. The number of alkyl carbamates (subject to hydrolysis) is 1. The first-order valence-electron chi connectivity index (χ1n) is 19.9. The van der Waals surface area contributed by atoms with Crippen molar-refractivity contribution in [1.29, 1.82) is 0 Å². The number of benzene rings is 2. The fourth-order valence-corrected chi connectivity index (χ4v) is 8.07. The van der Waals surface area contributed by atoms with E-state index < -0.39 is 18.1 Å². The lowest BCUT2D eigenvalue weighted by atomic mass is 9.91. The van der Waals surface area contributed by atoms with Gasteiger partial charge in [0.15, 0.2) is 5.82 Å². The molecule has 5 heterocycles. The van der Waals surface area contributed by atoms with Crippen LogP contribution >= 0.6 is 0 Å². The van der Waals surface area contributed by atoms with Crippen molar-refractivity contribution in [1.82, 2.24) is 45.0 Å². The maximum atomic E-state index is 13.6. The summed E-state index contributed by atoms with van der Waals surface area (Å²) in [5, 5.41) is 4.76. The summed E-state index contributed by atoms with van der Waals surface area (Å²) < 4.78 is 9.62. The zero-order valence-corrected chi connectivity index (χ0v) is 33.8. The first-order valence-corrected chi connectivity index (χ1v) is 19.9. The molecule has 2 aliphatic heterocycles. The molecule has 15 nitrogen and oxygen atoms in total. The largest absolute Gasteiger partial charge is 0.469 e. The van der Waals surface area contributed by atoms with E-state index in [9.17, 15) is 19.2 Å². The van der Waals surface area contributed by atoms with E-state index in [2.05, 4.69) is 48.4 Å². The molecule has 3 amide bonds. The van der Waals surface area contributed by atoms with Gasteiger partial charge in [0, 0.05) is 42.2 Å². The zero-order valence-electron chi connectivity index (χ0n) is 33.8. The van der Waals surface area contributed by atoms with E-state index in [1.54, 1.807) is 29.7 Å². The molecule has 2 saturated heterocycles. The van der Waals surface area contributed by atoms with Gasteiger partial charge in [0.1, 0.15) is 17.7 Å². The van der Waals surface area contributed by atoms with Gasteiger partial charge in [-0.15, -0.1) is 0 Å². The minimum atomic E-state index is -0.695. The maximum Gasteiger partial charge on any atom is 0.407 e. The predicted octanol–water partition coefficient (Wildman–Crippen LogP) is 6.62. The molecule has 15 heteroatoms. The Kier molecular flexibility index (Phi) is 11.9. The summed E-state index contributed by atoms with van der Waals surface area (Å²) in [7, 11) is 2.63.